The Bertz CT molecular complexity index is 210. The molecule has 0 spiro atoms. The number of hydrogen-bond donors (Lipinski definition) is 0. The summed E-state index contributed by atoms with van der Waals surface area (Å²) in [5, 5.41) is 0. The van der Waals surface area contributed by atoms with E-state index in [-0.39, 0.29) is 0 Å². The first-order chi connectivity index (χ1) is 7.83. The molecule has 94 valence electrons. The number of epoxide rings is 1. The molecule has 0 bridgehead atoms. The lowest BCUT2D eigenvalue weighted by Crippen LogP contribution is -2.15. The summed E-state index contributed by atoms with van der Waals surface area (Å²) >= 11 is -0.768. The topological polar surface area (TPSA) is 40.2 Å². The van der Waals surface area contributed by atoms with Gasteiger partial charge in [0.1, 0.15) is 6.61 Å². The highest BCUT2D eigenvalue weighted by molar-refractivity contribution is 7.82. The number of rotatable bonds is 7. The fourth-order valence-electron chi connectivity index (χ4n) is 2.41. The van der Waals surface area contributed by atoms with E-state index < -0.39 is 11.7 Å². The first-order valence-corrected chi connectivity index (χ1v) is 6.95. The Kier molecular flexibility index (Phi) is 4.91. The van der Waals surface area contributed by atoms with Crippen molar-refractivity contribution in [2.24, 2.45) is 5.92 Å². The minimum absolute atomic E-state index is 0.590. The van der Waals surface area contributed by atoms with Crippen molar-refractivity contribution in [3.05, 3.63) is 0 Å². The van der Waals surface area contributed by atoms with Crippen LogP contribution < -0.4 is 0 Å². The molecule has 0 aromatic rings. The molecule has 1 aliphatic heterocycles. The molecule has 0 N–H and O–H groups in total. The third kappa shape index (κ3) is 3.60. The maximum Gasteiger partial charge on any atom is 0.507 e. The van der Waals surface area contributed by atoms with Crippen molar-refractivity contribution in [3.63, 3.8) is 0 Å². The second-order valence-corrected chi connectivity index (χ2v) is 5.70. The van der Waals surface area contributed by atoms with E-state index in [0.717, 1.165) is 18.9 Å². The summed E-state index contributed by atoms with van der Waals surface area (Å²) < 4.78 is 20.9. The van der Waals surface area contributed by atoms with Crippen molar-refractivity contribution in [3.8, 4) is 0 Å². The zero-order valence-corrected chi connectivity index (χ0v) is 10.8. The van der Waals surface area contributed by atoms with E-state index in [9.17, 15) is 0 Å². The van der Waals surface area contributed by atoms with Crippen LogP contribution >= 0.6 is 0 Å². The van der Waals surface area contributed by atoms with E-state index in [1.807, 2.05) is 0 Å². The molecule has 2 rings (SSSR count). The van der Waals surface area contributed by atoms with Crippen LogP contribution in [-0.4, -0.2) is 33.0 Å². The molecule has 2 aliphatic rings. The fourth-order valence-corrected chi connectivity index (χ4v) is 2.99. The van der Waals surface area contributed by atoms with Gasteiger partial charge in [-0.2, -0.15) is 0 Å². The Hall–Kier alpha value is 0.190. The average molecular weight is 249 g/mol. The second-order valence-electron chi connectivity index (χ2n) is 4.39. The quantitative estimate of drug-likeness (QED) is 0.393. The van der Waals surface area contributed by atoms with E-state index in [1.165, 1.54) is 25.7 Å². The van der Waals surface area contributed by atoms with Gasteiger partial charge in [0.2, 0.25) is 0 Å². The van der Waals surface area contributed by atoms with E-state index in [4.69, 9.17) is 17.3 Å². The maximum atomic E-state index is 5.52. The molecule has 0 aromatic heterocycles. The molecule has 1 aliphatic carbocycles. The molecule has 4 nitrogen and oxygen atoms in total. The summed E-state index contributed by atoms with van der Waals surface area (Å²) in [7, 11) is 3.19. The second kappa shape index (κ2) is 6.21. The average Bonchev–Trinajstić information content (AvgIpc) is 3.07. The van der Waals surface area contributed by atoms with E-state index in [0.29, 0.717) is 12.2 Å². The smallest absolute Gasteiger partial charge is 0.370 e. The van der Waals surface area contributed by atoms with Crippen LogP contribution in [0.2, 0.25) is 0 Å². The van der Waals surface area contributed by atoms with Gasteiger partial charge >= 0.3 is 11.7 Å². The lowest BCUT2D eigenvalue weighted by molar-refractivity contribution is 0.215. The number of fused-ring (bicyclic) bond motifs is 1. The largest absolute Gasteiger partial charge is 0.507 e. The van der Waals surface area contributed by atoms with Crippen molar-refractivity contribution < 1.29 is 17.3 Å². The van der Waals surface area contributed by atoms with Gasteiger partial charge in [0.25, 0.3) is 0 Å². The normalized spacial score (nSPS) is 32.8. The Morgan fingerprint density at radius 3 is 2.69 bits per heavy atom. The molecule has 1 saturated carbocycles. The zero-order chi connectivity index (χ0) is 11.4. The molecule has 3 unspecified atom stereocenters. The third-order valence-electron chi connectivity index (χ3n) is 3.32. The van der Waals surface area contributed by atoms with Gasteiger partial charge in [-0.15, -0.1) is 12.5 Å². The molecule has 1 heterocycles. The summed E-state index contributed by atoms with van der Waals surface area (Å²) in [5.74, 6) is 0.833. The Morgan fingerprint density at radius 1 is 1.19 bits per heavy atom. The predicted octanol–water partition coefficient (Wildman–Crippen LogP) is 2.01. The molecule has 3 atom stereocenters. The standard InChI is InChI=1S/C11H21O4S/c1-12-16(13-2)14-7-3-4-9-5-6-10-11(8-9)15-10/h9-11H,3-8H2,1-2H3/q+1. The monoisotopic (exact) mass is 249 g/mol. The highest BCUT2D eigenvalue weighted by Crippen LogP contribution is 2.40. The van der Waals surface area contributed by atoms with Gasteiger partial charge in [-0.3, -0.25) is 0 Å². The van der Waals surface area contributed by atoms with Crippen LogP contribution in [0.3, 0.4) is 0 Å². The van der Waals surface area contributed by atoms with Crippen molar-refractivity contribution >= 4 is 11.7 Å². The highest BCUT2D eigenvalue weighted by Gasteiger charge is 2.43. The lowest BCUT2D eigenvalue weighted by atomic mass is 9.86. The summed E-state index contributed by atoms with van der Waals surface area (Å²) in [6.07, 6.45) is 7.35. The van der Waals surface area contributed by atoms with Gasteiger partial charge < -0.3 is 4.74 Å². The van der Waals surface area contributed by atoms with Gasteiger partial charge in [-0.25, -0.2) is 0 Å². The van der Waals surface area contributed by atoms with Crippen LogP contribution in [0.4, 0.5) is 0 Å². The van der Waals surface area contributed by atoms with Gasteiger partial charge in [0, 0.05) is 0 Å². The van der Waals surface area contributed by atoms with Gasteiger partial charge in [0.05, 0.1) is 26.4 Å². The molecule has 0 radical (unpaired) electrons. The van der Waals surface area contributed by atoms with E-state index >= 15 is 0 Å². The first-order valence-electron chi connectivity index (χ1n) is 5.95. The van der Waals surface area contributed by atoms with Crippen molar-refractivity contribution in [2.75, 3.05) is 20.8 Å². The van der Waals surface area contributed by atoms with Crippen LogP contribution in [0.1, 0.15) is 32.1 Å². The molecule has 16 heavy (non-hydrogen) atoms. The third-order valence-corrected chi connectivity index (χ3v) is 4.22. The van der Waals surface area contributed by atoms with Gasteiger partial charge in [-0.05, 0) is 38.0 Å². The van der Waals surface area contributed by atoms with Crippen LogP contribution in [0.5, 0.6) is 0 Å². The molecule has 2 fully saturated rings. The molecular weight excluding hydrogens is 228 g/mol. The van der Waals surface area contributed by atoms with Gasteiger partial charge in [0.15, 0.2) is 0 Å². The van der Waals surface area contributed by atoms with E-state index in [2.05, 4.69) is 0 Å². The first kappa shape index (κ1) is 12.6. The van der Waals surface area contributed by atoms with Crippen LogP contribution in [0.25, 0.3) is 0 Å². The SMILES string of the molecule is CO[S+](OC)OCCCC1CCC2OC2C1. The molecule has 1 saturated heterocycles. The van der Waals surface area contributed by atoms with Crippen LogP contribution in [0.15, 0.2) is 0 Å². The summed E-state index contributed by atoms with van der Waals surface area (Å²) in [6.45, 7) is 0.718. The molecule has 0 amide bonds. The van der Waals surface area contributed by atoms with Crippen molar-refractivity contribution in [2.45, 2.75) is 44.3 Å². The number of hydrogen-bond acceptors (Lipinski definition) is 4. The Labute approximate surface area is 101 Å². The van der Waals surface area contributed by atoms with E-state index in [1.54, 1.807) is 14.2 Å². The summed E-state index contributed by atoms with van der Waals surface area (Å²) in [4.78, 5) is 0. The lowest BCUT2D eigenvalue weighted by Gasteiger charge is -2.17. The Balaban J connectivity index is 1.50. The maximum absolute atomic E-state index is 5.52. The number of ether oxygens (including phenoxy) is 1. The minimum atomic E-state index is -0.768. The highest BCUT2D eigenvalue weighted by atomic mass is 32.3. The summed E-state index contributed by atoms with van der Waals surface area (Å²) in [6, 6.07) is 0. The van der Waals surface area contributed by atoms with Crippen molar-refractivity contribution in [1.29, 1.82) is 0 Å². The predicted molar refractivity (Wildman–Crippen MR) is 62.6 cm³/mol. The van der Waals surface area contributed by atoms with Crippen LogP contribution in [0, 0.1) is 5.92 Å². The molecule has 5 heteroatoms. The molecule has 0 aromatic carbocycles. The van der Waals surface area contributed by atoms with Crippen LogP contribution in [-0.2, 0) is 29.0 Å². The Morgan fingerprint density at radius 2 is 2.00 bits per heavy atom. The van der Waals surface area contributed by atoms with Crippen molar-refractivity contribution in [1.82, 2.24) is 0 Å². The minimum Gasteiger partial charge on any atom is -0.370 e. The van der Waals surface area contributed by atoms with Gasteiger partial charge in [-0.1, -0.05) is 0 Å². The molecular formula is C11H21O4S+. The summed E-state index contributed by atoms with van der Waals surface area (Å²) in [5.41, 5.74) is 0. The fraction of sp³-hybridized carbons (Fsp3) is 1.00. The zero-order valence-electron chi connectivity index (χ0n) is 10.0.